The van der Waals surface area contributed by atoms with Gasteiger partial charge in [-0.05, 0) is 31.6 Å². The fourth-order valence-electron chi connectivity index (χ4n) is 1.76. The third-order valence-corrected chi connectivity index (χ3v) is 3.09. The highest BCUT2D eigenvalue weighted by atomic mass is 16.5. The Morgan fingerprint density at radius 3 is 2.00 bits per heavy atom. The largest absolute Gasteiger partial charge is 0.496 e. The first-order valence-corrected chi connectivity index (χ1v) is 6.13. The van der Waals surface area contributed by atoms with Crippen molar-refractivity contribution >= 4 is 0 Å². The predicted molar refractivity (Wildman–Crippen MR) is 73.0 cm³/mol. The van der Waals surface area contributed by atoms with E-state index in [-0.39, 0.29) is 0 Å². The topological polar surface area (TPSA) is 30.9 Å². The third-order valence-electron chi connectivity index (χ3n) is 3.09. The lowest BCUT2D eigenvalue weighted by molar-refractivity contribution is 0.340. The van der Waals surface area contributed by atoms with E-state index in [2.05, 4.69) is 18.9 Å². The number of hydrogen-bond acceptors (Lipinski definition) is 4. The van der Waals surface area contributed by atoms with Crippen molar-refractivity contribution in [2.24, 2.45) is 0 Å². The summed E-state index contributed by atoms with van der Waals surface area (Å²) in [6.07, 6.45) is 0.924. The van der Waals surface area contributed by atoms with E-state index >= 15 is 0 Å². The van der Waals surface area contributed by atoms with Gasteiger partial charge in [-0.2, -0.15) is 0 Å². The molecule has 0 heterocycles. The molecule has 0 spiro atoms. The molecule has 0 radical (unpaired) electrons. The molecule has 102 valence electrons. The van der Waals surface area contributed by atoms with E-state index in [1.807, 2.05) is 12.1 Å². The second kappa shape index (κ2) is 7.11. The molecule has 0 aromatic heterocycles. The summed E-state index contributed by atoms with van der Waals surface area (Å²) in [6.45, 7) is 4.17. The highest BCUT2D eigenvalue weighted by molar-refractivity contribution is 5.50. The second-order valence-corrected chi connectivity index (χ2v) is 4.16. The quantitative estimate of drug-likeness (QED) is 0.745. The van der Waals surface area contributed by atoms with E-state index in [0.717, 1.165) is 36.6 Å². The number of nitrogens with zero attached hydrogens (tertiary/aromatic N) is 1. The molecule has 0 aliphatic rings. The van der Waals surface area contributed by atoms with Gasteiger partial charge in [0.05, 0.1) is 21.3 Å². The minimum atomic E-state index is 0.696. The normalized spacial score (nSPS) is 10.6. The summed E-state index contributed by atoms with van der Waals surface area (Å²) >= 11 is 0. The van der Waals surface area contributed by atoms with Crippen molar-refractivity contribution < 1.29 is 14.2 Å². The zero-order chi connectivity index (χ0) is 13.5. The summed E-state index contributed by atoms with van der Waals surface area (Å²) in [4.78, 5) is 2.26. The van der Waals surface area contributed by atoms with Crippen LogP contribution >= 0.6 is 0 Å². The van der Waals surface area contributed by atoms with E-state index in [9.17, 15) is 0 Å². The lowest BCUT2D eigenvalue weighted by Gasteiger charge is -2.17. The Kier molecular flexibility index (Phi) is 5.78. The fourth-order valence-corrected chi connectivity index (χ4v) is 1.76. The van der Waals surface area contributed by atoms with Gasteiger partial charge in [0.1, 0.15) is 5.75 Å². The molecular formula is C14H23NO3. The lowest BCUT2D eigenvalue weighted by atomic mass is 10.1. The average Bonchev–Trinajstić information content (AvgIpc) is 2.43. The number of methoxy groups -OCH3 is 3. The molecule has 0 atom stereocenters. The first-order valence-electron chi connectivity index (χ1n) is 6.13. The minimum absolute atomic E-state index is 0.696. The maximum atomic E-state index is 5.40. The number of ether oxygens (including phenoxy) is 3. The SMILES string of the molecule is CCN(C)CCc1cc(OC)c(OC)cc1OC. The van der Waals surface area contributed by atoms with Gasteiger partial charge in [0.2, 0.25) is 0 Å². The van der Waals surface area contributed by atoms with Crippen LogP contribution < -0.4 is 14.2 Å². The standard InChI is InChI=1S/C14H23NO3/c1-6-15(2)8-7-11-9-13(17-4)14(18-5)10-12(11)16-3/h9-10H,6-8H2,1-5H3. The van der Waals surface area contributed by atoms with Gasteiger partial charge in [-0.3, -0.25) is 0 Å². The summed E-state index contributed by atoms with van der Waals surface area (Å²) in [5.74, 6) is 2.28. The predicted octanol–water partition coefficient (Wildman–Crippen LogP) is 2.21. The number of rotatable bonds is 7. The molecule has 18 heavy (non-hydrogen) atoms. The Balaban J connectivity index is 2.94. The smallest absolute Gasteiger partial charge is 0.164 e. The minimum Gasteiger partial charge on any atom is -0.496 e. The molecule has 0 N–H and O–H groups in total. The summed E-state index contributed by atoms with van der Waals surface area (Å²) in [5.41, 5.74) is 1.13. The zero-order valence-corrected chi connectivity index (χ0v) is 11.9. The van der Waals surface area contributed by atoms with Crippen LogP contribution in [0.5, 0.6) is 17.2 Å². The van der Waals surface area contributed by atoms with Crippen molar-refractivity contribution in [2.75, 3.05) is 41.5 Å². The molecule has 1 aromatic rings. The number of benzene rings is 1. The van der Waals surface area contributed by atoms with E-state index in [4.69, 9.17) is 14.2 Å². The molecule has 0 aliphatic heterocycles. The Bertz CT molecular complexity index is 380. The molecule has 1 rings (SSSR count). The van der Waals surface area contributed by atoms with Gasteiger partial charge in [-0.25, -0.2) is 0 Å². The number of likely N-dealkylation sites (N-methyl/N-ethyl adjacent to an activating group) is 1. The molecule has 0 saturated heterocycles. The molecule has 0 bridgehead atoms. The molecule has 0 fully saturated rings. The highest BCUT2D eigenvalue weighted by Gasteiger charge is 2.11. The van der Waals surface area contributed by atoms with Crippen molar-refractivity contribution in [2.45, 2.75) is 13.3 Å². The number of hydrogen-bond donors (Lipinski definition) is 0. The lowest BCUT2D eigenvalue weighted by Crippen LogP contribution is -2.20. The molecule has 0 saturated carbocycles. The Labute approximate surface area is 109 Å². The van der Waals surface area contributed by atoms with Gasteiger partial charge >= 0.3 is 0 Å². The maximum Gasteiger partial charge on any atom is 0.164 e. The van der Waals surface area contributed by atoms with E-state index in [0.29, 0.717) is 5.75 Å². The van der Waals surface area contributed by atoms with Crippen molar-refractivity contribution in [1.82, 2.24) is 4.90 Å². The molecule has 4 nitrogen and oxygen atoms in total. The summed E-state index contributed by atoms with van der Waals surface area (Å²) < 4.78 is 16.0. The molecule has 1 aromatic carbocycles. The van der Waals surface area contributed by atoms with Crippen LogP contribution in [0.2, 0.25) is 0 Å². The van der Waals surface area contributed by atoms with Crippen LogP contribution in [0.15, 0.2) is 12.1 Å². The summed E-state index contributed by atoms with van der Waals surface area (Å²) in [7, 11) is 7.05. The van der Waals surface area contributed by atoms with Crippen LogP contribution in [0.3, 0.4) is 0 Å². The Morgan fingerprint density at radius 2 is 1.50 bits per heavy atom. The van der Waals surface area contributed by atoms with Crippen molar-refractivity contribution in [3.05, 3.63) is 17.7 Å². The highest BCUT2D eigenvalue weighted by Crippen LogP contribution is 2.34. The van der Waals surface area contributed by atoms with E-state index in [1.165, 1.54) is 0 Å². The first kappa shape index (κ1) is 14.6. The van der Waals surface area contributed by atoms with Crippen molar-refractivity contribution in [3.63, 3.8) is 0 Å². The monoisotopic (exact) mass is 253 g/mol. The van der Waals surface area contributed by atoms with E-state index < -0.39 is 0 Å². The van der Waals surface area contributed by atoms with Crippen molar-refractivity contribution in [3.8, 4) is 17.2 Å². The second-order valence-electron chi connectivity index (χ2n) is 4.16. The first-order chi connectivity index (χ1) is 8.65. The van der Waals surface area contributed by atoms with Crippen LogP contribution in [-0.4, -0.2) is 46.4 Å². The third kappa shape index (κ3) is 3.53. The van der Waals surface area contributed by atoms with Gasteiger partial charge in [0.25, 0.3) is 0 Å². The maximum absolute atomic E-state index is 5.40. The summed E-state index contributed by atoms with van der Waals surface area (Å²) in [5, 5.41) is 0. The molecule has 0 aliphatic carbocycles. The van der Waals surface area contributed by atoms with Gasteiger partial charge in [-0.15, -0.1) is 0 Å². The Morgan fingerprint density at radius 1 is 0.944 bits per heavy atom. The van der Waals surface area contributed by atoms with Gasteiger partial charge in [0, 0.05) is 12.6 Å². The fraction of sp³-hybridized carbons (Fsp3) is 0.571. The van der Waals surface area contributed by atoms with Crippen LogP contribution in [0, 0.1) is 0 Å². The van der Waals surface area contributed by atoms with Crippen LogP contribution in [0.25, 0.3) is 0 Å². The Hall–Kier alpha value is -1.42. The molecular weight excluding hydrogens is 230 g/mol. The summed E-state index contributed by atoms with van der Waals surface area (Å²) in [6, 6.07) is 3.86. The zero-order valence-electron chi connectivity index (χ0n) is 11.9. The van der Waals surface area contributed by atoms with Gasteiger partial charge in [0.15, 0.2) is 11.5 Å². The average molecular weight is 253 g/mol. The molecule has 0 unspecified atom stereocenters. The van der Waals surface area contributed by atoms with Gasteiger partial charge < -0.3 is 19.1 Å². The van der Waals surface area contributed by atoms with Crippen molar-refractivity contribution in [1.29, 1.82) is 0 Å². The van der Waals surface area contributed by atoms with Crippen LogP contribution in [0.4, 0.5) is 0 Å². The van der Waals surface area contributed by atoms with Gasteiger partial charge in [-0.1, -0.05) is 6.92 Å². The van der Waals surface area contributed by atoms with Crippen LogP contribution in [-0.2, 0) is 6.42 Å². The molecule has 0 amide bonds. The van der Waals surface area contributed by atoms with Crippen LogP contribution in [0.1, 0.15) is 12.5 Å². The molecule has 4 heteroatoms. The van der Waals surface area contributed by atoms with E-state index in [1.54, 1.807) is 21.3 Å².